The van der Waals surface area contributed by atoms with Gasteiger partial charge < -0.3 is 4.74 Å². The monoisotopic (exact) mass is 484 g/mol. The first kappa shape index (κ1) is 21.3. The van der Waals surface area contributed by atoms with E-state index in [4.69, 9.17) is 32.9 Å². The topological polar surface area (TPSA) is 68.2 Å². The summed E-state index contributed by atoms with van der Waals surface area (Å²) in [6.07, 6.45) is 3.34. The number of carbonyl (C=O) groups is 1. The Kier molecular flexibility index (Phi) is 6.06. The van der Waals surface area contributed by atoms with E-state index in [2.05, 4.69) is 9.97 Å². The second kappa shape index (κ2) is 9.11. The predicted molar refractivity (Wildman–Crippen MR) is 128 cm³/mol. The van der Waals surface area contributed by atoms with Crippen molar-refractivity contribution in [1.29, 1.82) is 0 Å². The van der Waals surface area contributed by atoms with Crippen LogP contribution >= 0.6 is 34.5 Å². The van der Waals surface area contributed by atoms with E-state index in [1.165, 1.54) is 17.5 Å². The van der Waals surface area contributed by atoms with Crippen molar-refractivity contribution < 1.29 is 9.53 Å². The number of para-hydroxylation sites is 2. The summed E-state index contributed by atoms with van der Waals surface area (Å²) >= 11 is 13.8. The van der Waals surface area contributed by atoms with Gasteiger partial charge in [-0.2, -0.15) is 0 Å². The second-order valence-corrected chi connectivity index (χ2v) is 9.11. The van der Waals surface area contributed by atoms with Gasteiger partial charge in [0.1, 0.15) is 5.69 Å². The number of rotatable bonds is 5. The van der Waals surface area contributed by atoms with E-state index < -0.39 is 0 Å². The van der Waals surface area contributed by atoms with Crippen LogP contribution < -0.4 is 4.90 Å². The first-order chi connectivity index (χ1) is 15.6. The molecule has 0 N–H and O–H groups in total. The van der Waals surface area contributed by atoms with Crippen LogP contribution in [0.1, 0.15) is 23.3 Å². The fraction of sp³-hybridized carbons (Fsp3) is 0.217. The molecule has 162 valence electrons. The van der Waals surface area contributed by atoms with E-state index in [0.717, 1.165) is 23.9 Å². The van der Waals surface area contributed by atoms with Gasteiger partial charge in [0, 0.05) is 22.6 Å². The van der Waals surface area contributed by atoms with Crippen molar-refractivity contribution in [3.8, 4) is 11.3 Å². The largest absolute Gasteiger partial charge is 0.376 e. The molecule has 1 aliphatic rings. The molecule has 9 heteroatoms. The molecule has 2 aromatic carbocycles. The Labute approximate surface area is 198 Å². The number of hydrogen-bond acceptors (Lipinski definition) is 6. The molecular formula is C23H18Cl2N4O2S. The third-order valence-electron chi connectivity index (χ3n) is 5.25. The number of halogens is 2. The average Bonchev–Trinajstić information content (AvgIpc) is 3.49. The zero-order valence-corrected chi connectivity index (χ0v) is 19.2. The maximum Gasteiger partial charge on any atom is 0.280 e. The number of fused-ring (bicyclic) bond motifs is 1. The lowest BCUT2D eigenvalue weighted by atomic mass is 10.2. The smallest absolute Gasteiger partial charge is 0.280 e. The van der Waals surface area contributed by atoms with Gasteiger partial charge in [0.2, 0.25) is 0 Å². The van der Waals surface area contributed by atoms with Crippen LogP contribution in [0.5, 0.6) is 0 Å². The van der Waals surface area contributed by atoms with Crippen LogP contribution in [0.15, 0.2) is 54.0 Å². The summed E-state index contributed by atoms with van der Waals surface area (Å²) in [6.45, 7) is 1.10. The molecule has 0 spiro atoms. The van der Waals surface area contributed by atoms with Gasteiger partial charge in [0.25, 0.3) is 5.91 Å². The first-order valence-electron chi connectivity index (χ1n) is 10.1. The lowest BCUT2D eigenvalue weighted by Gasteiger charge is -2.22. The molecule has 1 aliphatic heterocycles. The SMILES string of the molecule is O=C(c1cnc2ccccc2n1)N(CC1CCCO1)c1nc(-c2ccc(Cl)cc2Cl)cs1. The Morgan fingerprint density at radius 3 is 2.78 bits per heavy atom. The lowest BCUT2D eigenvalue weighted by molar-refractivity contribution is 0.0913. The molecule has 5 rings (SSSR count). The number of thiazole rings is 1. The maximum atomic E-state index is 13.5. The summed E-state index contributed by atoms with van der Waals surface area (Å²) in [5, 5.41) is 3.50. The van der Waals surface area contributed by atoms with Gasteiger partial charge in [-0.25, -0.2) is 9.97 Å². The fourth-order valence-corrected chi connectivity index (χ4v) is 4.99. The number of ether oxygens (including phenoxy) is 1. The van der Waals surface area contributed by atoms with Crippen LogP contribution in [-0.2, 0) is 4.74 Å². The average molecular weight is 485 g/mol. The van der Waals surface area contributed by atoms with Crippen molar-refractivity contribution in [3.05, 3.63) is 69.8 Å². The summed E-state index contributed by atoms with van der Waals surface area (Å²) in [4.78, 5) is 28.8. The third-order valence-corrected chi connectivity index (χ3v) is 6.66. The van der Waals surface area contributed by atoms with Crippen molar-refractivity contribution in [2.45, 2.75) is 18.9 Å². The summed E-state index contributed by atoms with van der Waals surface area (Å²) in [6, 6.07) is 12.7. The molecule has 1 atom stereocenters. The summed E-state index contributed by atoms with van der Waals surface area (Å²) in [5.41, 5.74) is 3.12. The van der Waals surface area contributed by atoms with Gasteiger partial charge in [0.05, 0.1) is 40.6 Å². The first-order valence-corrected chi connectivity index (χ1v) is 11.8. The maximum absolute atomic E-state index is 13.5. The number of carbonyl (C=O) groups excluding carboxylic acids is 1. The van der Waals surface area contributed by atoms with Crippen molar-refractivity contribution in [1.82, 2.24) is 15.0 Å². The minimum Gasteiger partial charge on any atom is -0.376 e. The van der Waals surface area contributed by atoms with E-state index in [1.54, 1.807) is 17.0 Å². The normalized spacial score (nSPS) is 15.9. The highest BCUT2D eigenvalue weighted by atomic mass is 35.5. The van der Waals surface area contributed by atoms with Crippen LogP contribution in [-0.4, -0.2) is 40.1 Å². The van der Waals surface area contributed by atoms with Crippen molar-refractivity contribution in [3.63, 3.8) is 0 Å². The molecular weight excluding hydrogens is 467 g/mol. The quantitative estimate of drug-likeness (QED) is 0.353. The predicted octanol–water partition coefficient (Wildman–Crippen LogP) is 5.89. The minimum atomic E-state index is -0.262. The second-order valence-electron chi connectivity index (χ2n) is 7.43. The Morgan fingerprint density at radius 2 is 2.00 bits per heavy atom. The minimum absolute atomic E-state index is 0.0427. The molecule has 6 nitrogen and oxygen atoms in total. The summed E-state index contributed by atoms with van der Waals surface area (Å²) in [7, 11) is 0. The number of amides is 1. The lowest BCUT2D eigenvalue weighted by Crippen LogP contribution is -2.38. The van der Waals surface area contributed by atoms with Crippen molar-refractivity contribution >= 4 is 56.6 Å². The van der Waals surface area contributed by atoms with Crippen molar-refractivity contribution in [2.75, 3.05) is 18.1 Å². The van der Waals surface area contributed by atoms with Crippen LogP contribution in [0, 0.1) is 0 Å². The Bertz CT molecular complexity index is 1290. The van der Waals surface area contributed by atoms with Crippen LogP contribution in [0.25, 0.3) is 22.3 Å². The van der Waals surface area contributed by atoms with Gasteiger partial charge in [-0.1, -0.05) is 35.3 Å². The van der Waals surface area contributed by atoms with E-state index >= 15 is 0 Å². The highest BCUT2D eigenvalue weighted by Crippen LogP contribution is 2.34. The molecule has 0 saturated carbocycles. The number of hydrogen-bond donors (Lipinski definition) is 0. The molecule has 3 heterocycles. The number of anilines is 1. The van der Waals surface area contributed by atoms with Crippen LogP contribution in [0.4, 0.5) is 5.13 Å². The standard InChI is InChI=1S/C23H18Cl2N4O2S/c24-14-7-8-16(17(25)10-14)21-13-32-23(28-21)29(12-15-4-3-9-31-15)22(30)20-11-26-18-5-1-2-6-19(18)27-20/h1-2,5-8,10-11,13,15H,3-4,9,12H2. The van der Waals surface area contributed by atoms with E-state index in [1.807, 2.05) is 35.7 Å². The van der Waals surface area contributed by atoms with Crippen LogP contribution in [0.2, 0.25) is 10.0 Å². The molecule has 2 aromatic heterocycles. The van der Waals surface area contributed by atoms with E-state index in [0.29, 0.717) is 39.5 Å². The van der Waals surface area contributed by atoms with Gasteiger partial charge in [-0.05, 0) is 43.2 Å². The summed E-state index contributed by atoms with van der Waals surface area (Å²) < 4.78 is 5.80. The molecule has 1 saturated heterocycles. The van der Waals surface area contributed by atoms with Gasteiger partial charge in [-0.15, -0.1) is 11.3 Å². The Morgan fingerprint density at radius 1 is 1.16 bits per heavy atom. The zero-order valence-electron chi connectivity index (χ0n) is 16.9. The van der Waals surface area contributed by atoms with Gasteiger partial charge in [-0.3, -0.25) is 14.7 Å². The Balaban J connectivity index is 1.50. The van der Waals surface area contributed by atoms with Gasteiger partial charge in [0.15, 0.2) is 5.13 Å². The number of aromatic nitrogens is 3. The molecule has 0 aliphatic carbocycles. The molecule has 1 fully saturated rings. The third kappa shape index (κ3) is 4.34. The van der Waals surface area contributed by atoms with E-state index in [-0.39, 0.29) is 17.7 Å². The summed E-state index contributed by atoms with van der Waals surface area (Å²) in [5.74, 6) is -0.262. The molecule has 1 unspecified atom stereocenters. The molecule has 1 amide bonds. The molecule has 4 aromatic rings. The van der Waals surface area contributed by atoms with Crippen molar-refractivity contribution in [2.24, 2.45) is 0 Å². The number of benzene rings is 2. The number of nitrogens with zero attached hydrogens (tertiary/aromatic N) is 4. The highest BCUT2D eigenvalue weighted by molar-refractivity contribution is 7.14. The van der Waals surface area contributed by atoms with Gasteiger partial charge >= 0.3 is 0 Å². The molecule has 0 bridgehead atoms. The molecule has 0 radical (unpaired) electrons. The van der Waals surface area contributed by atoms with E-state index in [9.17, 15) is 4.79 Å². The fourth-order valence-electron chi connectivity index (χ4n) is 3.65. The highest BCUT2D eigenvalue weighted by Gasteiger charge is 2.28. The zero-order chi connectivity index (χ0) is 22.1. The molecule has 32 heavy (non-hydrogen) atoms. The Hall–Kier alpha value is -2.58. The van der Waals surface area contributed by atoms with Crippen LogP contribution in [0.3, 0.4) is 0 Å².